The van der Waals surface area contributed by atoms with E-state index in [0.29, 0.717) is 12.2 Å². The van der Waals surface area contributed by atoms with E-state index in [1.54, 1.807) is 24.0 Å². The van der Waals surface area contributed by atoms with Gasteiger partial charge >= 0.3 is 0 Å². The number of nitrogens with zero attached hydrogens (tertiary/aromatic N) is 3. The summed E-state index contributed by atoms with van der Waals surface area (Å²) < 4.78 is 1.63. The molecule has 1 aromatic heterocycles. The number of nitrogens with one attached hydrogen (secondary N) is 2. The molecule has 0 aliphatic carbocycles. The average molecular weight is 251 g/mol. The fourth-order valence-corrected chi connectivity index (χ4v) is 2.07. The Kier molecular flexibility index (Phi) is 4.72. The van der Waals surface area contributed by atoms with Crippen molar-refractivity contribution in [1.29, 1.82) is 0 Å². The van der Waals surface area contributed by atoms with Crippen molar-refractivity contribution in [2.24, 2.45) is 7.05 Å². The number of aromatic nitrogens is 2. The predicted molar refractivity (Wildman–Crippen MR) is 69.5 cm³/mol. The maximum atomic E-state index is 11.7. The van der Waals surface area contributed by atoms with Crippen molar-refractivity contribution >= 4 is 5.91 Å². The molecule has 6 heteroatoms. The molecule has 0 atom stereocenters. The van der Waals surface area contributed by atoms with Crippen molar-refractivity contribution in [3.8, 4) is 0 Å². The van der Waals surface area contributed by atoms with E-state index in [1.807, 2.05) is 0 Å². The summed E-state index contributed by atoms with van der Waals surface area (Å²) in [6.45, 7) is 6.10. The van der Waals surface area contributed by atoms with Crippen LogP contribution in [0, 0.1) is 0 Å². The quantitative estimate of drug-likeness (QED) is 0.689. The van der Waals surface area contributed by atoms with E-state index in [2.05, 4.69) is 20.6 Å². The van der Waals surface area contributed by atoms with E-state index in [-0.39, 0.29) is 5.91 Å². The number of rotatable bonds is 5. The largest absolute Gasteiger partial charge is 0.351 e. The van der Waals surface area contributed by atoms with Crippen LogP contribution in [0.5, 0.6) is 0 Å². The molecule has 2 heterocycles. The van der Waals surface area contributed by atoms with E-state index < -0.39 is 0 Å². The van der Waals surface area contributed by atoms with Crippen molar-refractivity contribution in [2.75, 3.05) is 39.3 Å². The van der Waals surface area contributed by atoms with Gasteiger partial charge in [-0.05, 0) is 19.0 Å². The van der Waals surface area contributed by atoms with Crippen molar-refractivity contribution in [3.05, 3.63) is 18.0 Å². The number of carbonyl (C=O) groups is 1. The van der Waals surface area contributed by atoms with E-state index in [9.17, 15) is 4.79 Å². The molecule has 1 aliphatic heterocycles. The Morgan fingerprint density at radius 3 is 2.94 bits per heavy atom. The van der Waals surface area contributed by atoms with Gasteiger partial charge in [0.2, 0.25) is 0 Å². The molecule has 0 bridgehead atoms. The van der Waals surface area contributed by atoms with Crippen LogP contribution in [0.4, 0.5) is 0 Å². The molecule has 6 nitrogen and oxygen atoms in total. The van der Waals surface area contributed by atoms with Crippen LogP contribution in [0.1, 0.15) is 16.9 Å². The van der Waals surface area contributed by atoms with Crippen molar-refractivity contribution in [1.82, 2.24) is 25.3 Å². The fraction of sp³-hybridized carbons (Fsp3) is 0.667. The lowest BCUT2D eigenvalue weighted by molar-refractivity contribution is 0.0945. The smallest absolute Gasteiger partial charge is 0.271 e. The highest BCUT2D eigenvalue weighted by atomic mass is 16.1. The van der Waals surface area contributed by atoms with E-state index in [0.717, 1.165) is 39.1 Å². The van der Waals surface area contributed by atoms with Crippen LogP contribution in [0.25, 0.3) is 0 Å². The number of carbonyl (C=O) groups excluding carboxylic acids is 1. The van der Waals surface area contributed by atoms with E-state index >= 15 is 0 Å². The molecule has 0 unspecified atom stereocenters. The monoisotopic (exact) mass is 251 g/mol. The van der Waals surface area contributed by atoms with E-state index in [4.69, 9.17) is 0 Å². The molecule has 0 saturated carbocycles. The van der Waals surface area contributed by atoms with Gasteiger partial charge in [0.05, 0.1) is 0 Å². The lowest BCUT2D eigenvalue weighted by Crippen LogP contribution is -2.44. The molecule has 1 amide bonds. The molecule has 1 aromatic rings. The fourth-order valence-electron chi connectivity index (χ4n) is 2.07. The van der Waals surface area contributed by atoms with Crippen molar-refractivity contribution < 1.29 is 4.79 Å². The highest BCUT2D eigenvalue weighted by Gasteiger charge is 2.10. The second kappa shape index (κ2) is 6.51. The molecule has 2 N–H and O–H groups in total. The Morgan fingerprint density at radius 1 is 1.50 bits per heavy atom. The normalized spacial score (nSPS) is 16.7. The van der Waals surface area contributed by atoms with Gasteiger partial charge in [-0.2, -0.15) is 5.10 Å². The molecule has 0 spiro atoms. The van der Waals surface area contributed by atoms with Gasteiger partial charge in [0.15, 0.2) is 0 Å². The third kappa shape index (κ3) is 3.82. The highest BCUT2D eigenvalue weighted by Crippen LogP contribution is 1.96. The molecule has 18 heavy (non-hydrogen) atoms. The van der Waals surface area contributed by atoms with Gasteiger partial charge in [-0.15, -0.1) is 0 Å². The van der Waals surface area contributed by atoms with Crippen molar-refractivity contribution in [2.45, 2.75) is 6.42 Å². The van der Waals surface area contributed by atoms with Crippen LogP contribution in [0.2, 0.25) is 0 Å². The summed E-state index contributed by atoms with van der Waals surface area (Å²) in [5.41, 5.74) is 0.486. The zero-order valence-electron chi connectivity index (χ0n) is 10.9. The van der Waals surface area contributed by atoms with Gasteiger partial charge in [0.25, 0.3) is 5.91 Å². The lowest BCUT2D eigenvalue weighted by Gasteiger charge is -2.26. The molecule has 1 fully saturated rings. The molecule has 1 aliphatic rings. The number of amides is 1. The second-order valence-electron chi connectivity index (χ2n) is 4.58. The molecule has 1 saturated heterocycles. The number of piperazine rings is 1. The first-order chi connectivity index (χ1) is 8.75. The third-order valence-electron chi connectivity index (χ3n) is 3.09. The standard InChI is InChI=1S/C12H21N5O/c1-16-8-3-11(15-16)12(18)14-4-2-7-17-9-5-13-6-10-17/h3,8,13H,2,4-7,9-10H2,1H3,(H,14,18). The second-order valence-corrected chi connectivity index (χ2v) is 4.58. The van der Waals surface area contributed by atoms with Crippen LogP contribution in [-0.2, 0) is 7.05 Å². The predicted octanol–water partition coefficient (Wildman–Crippen LogP) is -0.555. The summed E-state index contributed by atoms with van der Waals surface area (Å²) in [6.07, 6.45) is 2.76. The summed E-state index contributed by atoms with van der Waals surface area (Å²) in [7, 11) is 1.81. The molecule has 2 rings (SSSR count). The Labute approximate surface area is 107 Å². The van der Waals surface area contributed by atoms with Gasteiger partial charge in [0, 0.05) is 46.0 Å². The van der Waals surface area contributed by atoms with E-state index in [1.165, 1.54) is 0 Å². The minimum absolute atomic E-state index is 0.0871. The summed E-state index contributed by atoms with van der Waals surface area (Å²) in [4.78, 5) is 14.1. The molecule has 100 valence electrons. The van der Waals surface area contributed by atoms with Gasteiger partial charge in [-0.3, -0.25) is 9.48 Å². The Morgan fingerprint density at radius 2 is 2.28 bits per heavy atom. The minimum Gasteiger partial charge on any atom is -0.351 e. The highest BCUT2D eigenvalue weighted by molar-refractivity contribution is 5.92. The number of aryl methyl sites for hydroxylation is 1. The van der Waals surface area contributed by atoms with Crippen molar-refractivity contribution in [3.63, 3.8) is 0 Å². The van der Waals surface area contributed by atoms with Gasteiger partial charge in [0.1, 0.15) is 5.69 Å². The Hall–Kier alpha value is -1.40. The minimum atomic E-state index is -0.0871. The maximum absolute atomic E-state index is 11.7. The summed E-state index contributed by atoms with van der Waals surface area (Å²) >= 11 is 0. The Balaban J connectivity index is 1.61. The summed E-state index contributed by atoms with van der Waals surface area (Å²) in [5.74, 6) is -0.0871. The molecular formula is C12H21N5O. The number of hydrogen-bond donors (Lipinski definition) is 2. The number of hydrogen-bond acceptors (Lipinski definition) is 4. The zero-order valence-corrected chi connectivity index (χ0v) is 10.9. The first-order valence-corrected chi connectivity index (χ1v) is 6.46. The van der Waals surface area contributed by atoms with Crippen LogP contribution >= 0.6 is 0 Å². The van der Waals surface area contributed by atoms with Crippen LogP contribution in [0.3, 0.4) is 0 Å². The molecule has 0 radical (unpaired) electrons. The van der Waals surface area contributed by atoms with Crippen LogP contribution in [-0.4, -0.2) is 59.9 Å². The lowest BCUT2D eigenvalue weighted by atomic mass is 10.3. The summed E-state index contributed by atoms with van der Waals surface area (Å²) in [5, 5.41) is 10.3. The van der Waals surface area contributed by atoms with Crippen LogP contribution < -0.4 is 10.6 Å². The Bertz CT molecular complexity index is 384. The maximum Gasteiger partial charge on any atom is 0.271 e. The first-order valence-electron chi connectivity index (χ1n) is 6.46. The van der Waals surface area contributed by atoms with Gasteiger partial charge < -0.3 is 15.5 Å². The zero-order chi connectivity index (χ0) is 12.8. The third-order valence-corrected chi connectivity index (χ3v) is 3.09. The first kappa shape index (κ1) is 13.0. The SMILES string of the molecule is Cn1ccc(C(=O)NCCCN2CCNCC2)n1. The molecular weight excluding hydrogens is 230 g/mol. The van der Waals surface area contributed by atoms with Gasteiger partial charge in [-0.1, -0.05) is 0 Å². The van der Waals surface area contributed by atoms with Gasteiger partial charge in [-0.25, -0.2) is 0 Å². The molecule has 0 aromatic carbocycles. The average Bonchev–Trinajstić information content (AvgIpc) is 2.82. The van der Waals surface area contributed by atoms with Crippen LogP contribution in [0.15, 0.2) is 12.3 Å². The topological polar surface area (TPSA) is 62.2 Å². The summed E-state index contributed by atoms with van der Waals surface area (Å²) in [6, 6.07) is 1.73.